The Morgan fingerprint density at radius 2 is 2.08 bits per heavy atom. The van der Waals surface area contributed by atoms with Gasteiger partial charge in [0.1, 0.15) is 0 Å². The predicted molar refractivity (Wildman–Crippen MR) is 51.5 cm³/mol. The molecule has 0 saturated heterocycles. The molecule has 0 saturated carbocycles. The lowest BCUT2D eigenvalue weighted by molar-refractivity contribution is 0.174. The van der Waals surface area contributed by atoms with Crippen LogP contribution < -0.4 is 0 Å². The van der Waals surface area contributed by atoms with Gasteiger partial charge < -0.3 is 5.11 Å². The van der Waals surface area contributed by atoms with Crippen LogP contribution >= 0.6 is 11.6 Å². The van der Waals surface area contributed by atoms with Gasteiger partial charge in [-0.15, -0.1) is 11.6 Å². The highest BCUT2D eigenvalue weighted by molar-refractivity contribution is 6.17. The summed E-state index contributed by atoms with van der Waals surface area (Å²) in [4.78, 5) is 0. The maximum Gasteiger partial charge on any atom is 0.0804 e. The summed E-state index contributed by atoms with van der Waals surface area (Å²) in [5, 5.41) is 9.62. The van der Waals surface area contributed by atoms with Gasteiger partial charge in [-0.25, -0.2) is 0 Å². The van der Waals surface area contributed by atoms with E-state index in [-0.39, 0.29) is 0 Å². The zero-order valence-corrected chi connectivity index (χ0v) is 7.88. The molecule has 0 amide bonds. The van der Waals surface area contributed by atoms with Crippen molar-refractivity contribution in [3.05, 3.63) is 35.4 Å². The fraction of sp³-hybridized carbons (Fsp3) is 0.400. The summed E-state index contributed by atoms with van der Waals surface area (Å²) in [5.41, 5.74) is 2.10. The van der Waals surface area contributed by atoms with E-state index in [0.717, 1.165) is 11.1 Å². The molecule has 66 valence electrons. The van der Waals surface area contributed by atoms with Crippen LogP contribution in [0, 0.1) is 6.92 Å². The first-order valence-electron chi connectivity index (χ1n) is 4.05. The Bertz CT molecular complexity index is 247. The van der Waals surface area contributed by atoms with E-state index in [9.17, 15) is 5.11 Å². The van der Waals surface area contributed by atoms with Crippen molar-refractivity contribution in [3.8, 4) is 0 Å². The average molecular weight is 185 g/mol. The van der Waals surface area contributed by atoms with Crippen molar-refractivity contribution in [2.75, 3.05) is 5.88 Å². The van der Waals surface area contributed by atoms with Crippen molar-refractivity contribution in [2.24, 2.45) is 0 Å². The monoisotopic (exact) mass is 184 g/mol. The quantitative estimate of drug-likeness (QED) is 0.717. The van der Waals surface area contributed by atoms with Crippen molar-refractivity contribution in [3.63, 3.8) is 0 Å². The average Bonchev–Trinajstić information content (AvgIpc) is 2.05. The van der Waals surface area contributed by atoms with Crippen LogP contribution in [-0.2, 0) is 0 Å². The number of aliphatic hydroxyl groups is 1. The standard InChI is InChI=1S/C10H13ClO/c1-8-4-2-3-5-9(8)10(12)6-7-11/h2-5,10,12H,6-7H2,1H3/t10-/m0/s1. The molecular formula is C10H13ClO. The second-order valence-electron chi connectivity index (χ2n) is 2.85. The van der Waals surface area contributed by atoms with Crippen LogP contribution in [0.3, 0.4) is 0 Å². The first kappa shape index (κ1) is 9.56. The van der Waals surface area contributed by atoms with Gasteiger partial charge in [-0.1, -0.05) is 24.3 Å². The summed E-state index contributed by atoms with van der Waals surface area (Å²) < 4.78 is 0. The van der Waals surface area contributed by atoms with Crippen LogP contribution in [0.2, 0.25) is 0 Å². The van der Waals surface area contributed by atoms with E-state index in [4.69, 9.17) is 11.6 Å². The molecule has 1 N–H and O–H groups in total. The minimum Gasteiger partial charge on any atom is -0.388 e. The number of aryl methyl sites for hydroxylation is 1. The fourth-order valence-electron chi connectivity index (χ4n) is 1.22. The van der Waals surface area contributed by atoms with Crippen LogP contribution in [0.15, 0.2) is 24.3 Å². The molecule has 0 aliphatic heterocycles. The van der Waals surface area contributed by atoms with Crippen molar-refractivity contribution < 1.29 is 5.11 Å². The lowest BCUT2D eigenvalue weighted by atomic mass is 10.0. The highest BCUT2D eigenvalue weighted by Crippen LogP contribution is 2.20. The van der Waals surface area contributed by atoms with Crippen LogP contribution in [0.5, 0.6) is 0 Å². The second-order valence-corrected chi connectivity index (χ2v) is 3.23. The maximum atomic E-state index is 9.62. The Kier molecular flexibility index (Phi) is 3.57. The third kappa shape index (κ3) is 2.23. The number of benzene rings is 1. The number of alkyl halides is 1. The predicted octanol–water partition coefficient (Wildman–Crippen LogP) is 2.66. The zero-order chi connectivity index (χ0) is 8.97. The second kappa shape index (κ2) is 4.48. The molecule has 0 radical (unpaired) electrons. The molecule has 1 aromatic carbocycles. The van der Waals surface area contributed by atoms with Gasteiger partial charge in [-0.3, -0.25) is 0 Å². The Morgan fingerprint density at radius 3 is 2.67 bits per heavy atom. The van der Waals surface area contributed by atoms with Gasteiger partial charge in [-0.2, -0.15) is 0 Å². The van der Waals surface area contributed by atoms with Crippen LogP contribution in [0.4, 0.5) is 0 Å². The first-order valence-corrected chi connectivity index (χ1v) is 4.58. The number of hydrogen-bond acceptors (Lipinski definition) is 1. The summed E-state index contributed by atoms with van der Waals surface area (Å²) in [6.07, 6.45) is 0.204. The molecule has 0 aromatic heterocycles. The number of hydrogen-bond donors (Lipinski definition) is 1. The lowest BCUT2D eigenvalue weighted by Crippen LogP contribution is -2.00. The third-order valence-corrected chi connectivity index (χ3v) is 2.15. The molecule has 1 rings (SSSR count). The van der Waals surface area contributed by atoms with E-state index in [1.165, 1.54) is 0 Å². The summed E-state index contributed by atoms with van der Waals surface area (Å²) >= 11 is 5.54. The summed E-state index contributed by atoms with van der Waals surface area (Å²) in [5.74, 6) is 0.496. The van der Waals surface area contributed by atoms with Gasteiger partial charge in [0.25, 0.3) is 0 Å². The zero-order valence-electron chi connectivity index (χ0n) is 7.13. The highest BCUT2D eigenvalue weighted by Gasteiger charge is 2.07. The van der Waals surface area contributed by atoms with Crippen LogP contribution in [-0.4, -0.2) is 11.0 Å². The minimum absolute atomic E-state index is 0.413. The number of halogens is 1. The molecule has 1 aromatic rings. The van der Waals surface area contributed by atoms with E-state index in [0.29, 0.717) is 12.3 Å². The lowest BCUT2D eigenvalue weighted by Gasteiger charge is -2.11. The summed E-state index contributed by atoms with van der Waals surface area (Å²) in [6, 6.07) is 7.82. The van der Waals surface area contributed by atoms with Gasteiger partial charge in [-0.05, 0) is 24.5 Å². The van der Waals surface area contributed by atoms with E-state index >= 15 is 0 Å². The van der Waals surface area contributed by atoms with Crippen molar-refractivity contribution in [1.29, 1.82) is 0 Å². The van der Waals surface area contributed by atoms with Gasteiger partial charge in [0.2, 0.25) is 0 Å². The number of rotatable bonds is 3. The summed E-state index contributed by atoms with van der Waals surface area (Å²) in [7, 11) is 0. The van der Waals surface area contributed by atoms with E-state index < -0.39 is 6.10 Å². The van der Waals surface area contributed by atoms with Gasteiger partial charge in [0, 0.05) is 5.88 Å². The Morgan fingerprint density at radius 1 is 1.42 bits per heavy atom. The molecule has 0 unspecified atom stereocenters. The smallest absolute Gasteiger partial charge is 0.0804 e. The molecular weight excluding hydrogens is 172 g/mol. The topological polar surface area (TPSA) is 20.2 Å². The molecule has 12 heavy (non-hydrogen) atoms. The highest BCUT2D eigenvalue weighted by atomic mass is 35.5. The Balaban J connectivity index is 2.79. The van der Waals surface area contributed by atoms with E-state index in [1.54, 1.807) is 0 Å². The molecule has 0 heterocycles. The van der Waals surface area contributed by atoms with Crippen molar-refractivity contribution >= 4 is 11.6 Å². The number of aliphatic hydroxyl groups excluding tert-OH is 1. The molecule has 0 fully saturated rings. The first-order chi connectivity index (χ1) is 5.75. The third-order valence-electron chi connectivity index (χ3n) is 1.93. The fourth-order valence-corrected chi connectivity index (χ4v) is 1.43. The Labute approximate surface area is 78.0 Å². The molecule has 2 heteroatoms. The largest absolute Gasteiger partial charge is 0.388 e. The Hall–Kier alpha value is -0.530. The SMILES string of the molecule is Cc1ccccc1[C@@H](O)CCCl. The van der Waals surface area contributed by atoms with Crippen molar-refractivity contribution in [2.45, 2.75) is 19.4 Å². The molecule has 0 aliphatic carbocycles. The van der Waals surface area contributed by atoms with E-state index in [1.807, 2.05) is 31.2 Å². The van der Waals surface area contributed by atoms with Gasteiger partial charge >= 0.3 is 0 Å². The van der Waals surface area contributed by atoms with Gasteiger partial charge in [0.15, 0.2) is 0 Å². The van der Waals surface area contributed by atoms with Crippen LogP contribution in [0.25, 0.3) is 0 Å². The molecule has 0 aliphatic rings. The maximum absolute atomic E-state index is 9.62. The molecule has 0 bridgehead atoms. The van der Waals surface area contributed by atoms with E-state index in [2.05, 4.69) is 0 Å². The summed E-state index contributed by atoms with van der Waals surface area (Å²) in [6.45, 7) is 1.99. The molecule has 1 nitrogen and oxygen atoms in total. The van der Waals surface area contributed by atoms with Gasteiger partial charge in [0.05, 0.1) is 6.10 Å². The minimum atomic E-state index is -0.413. The van der Waals surface area contributed by atoms with Crippen LogP contribution in [0.1, 0.15) is 23.7 Å². The molecule has 0 spiro atoms. The molecule has 1 atom stereocenters. The van der Waals surface area contributed by atoms with Crippen molar-refractivity contribution in [1.82, 2.24) is 0 Å². The normalized spacial score (nSPS) is 12.9.